The Bertz CT molecular complexity index is 400. The molecule has 0 atom stereocenters. The normalized spacial score (nSPS) is 17.2. The van der Waals surface area contributed by atoms with Crippen molar-refractivity contribution in [1.82, 2.24) is 4.90 Å². The summed E-state index contributed by atoms with van der Waals surface area (Å²) in [5.74, 6) is -0.403. The zero-order valence-electron chi connectivity index (χ0n) is 9.60. The topological polar surface area (TPSA) is 40.5 Å². The first-order valence-corrected chi connectivity index (χ1v) is 5.86. The van der Waals surface area contributed by atoms with Crippen LogP contribution in [0, 0.1) is 5.82 Å². The van der Waals surface area contributed by atoms with Gasteiger partial charge >= 0.3 is 0 Å². The Morgan fingerprint density at radius 2 is 2.00 bits per heavy atom. The summed E-state index contributed by atoms with van der Waals surface area (Å²) >= 11 is 0. The molecule has 1 aromatic rings. The fourth-order valence-corrected chi connectivity index (χ4v) is 2.03. The highest BCUT2D eigenvalue weighted by Gasteiger charge is 2.21. The summed E-state index contributed by atoms with van der Waals surface area (Å²) in [5.41, 5.74) is 0.434. The van der Waals surface area contributed by atoms with E-state index < -0.39 is 0 Å². The van der Waals surface area contributed by atoms with E-state index in [1.165, 1.54) is 6.07 Å². The molecular formula is C13H16FNO2. The van der Waals surface area contributed by atoms with Crippen molar-refractivity contribution in [2.75, 3.05) is 13.1 Å². The number of benzene rings is 1. The van der Waals surface area contributed by atoms with E-state index in [2.05, 4.69) is 0 Å². The number of hydrogen-bond donors (Lipinski definition) is 1. The molecule has 0 aromatic heterocycles. The molecule has 0 bridgehead atoms. The summed E-state index contributed by atoms with van der Waals surface area (Å²) in [6.07, 6.45) is 1.03. The Morgan fingerprint density at radius 3 is 2.65 bits per heavy atom. The molecule has 1 aliphatic heterocycles. The lowest BCUT2D eigenvalue weighted by molar-refractivity contribution is -0.132. The van der Waals surface area contributed by atoms with E-state index in [1.54, 1.807) is 23.1 Å². The van der Waals surface area contributed by atoms with Gasteiger partial charge < -0.3 is 10.0 Å². The van der Waals surface area contributed by atoms with E-state index in [0.29, 0.717) is 31.5 Å². The predicted octanol–water partition coefficient (Wildman–Crippen LogP) is 1.35. The first-order chi connectivity index (χ1) is 8.16. The quantitative estimate of drug-likeness (QED) is 0.843. The third-order valence-corrected chi connectivity index (χ3v) is 3.12. The van der Waals surface area contributed by atoms with Gasteiger partial charge in [-0.2, -0.15) is 0 Å². The maximum absolute atomic E-state index is 13.4. The molecule has 0 saturated carbocycles. The maximum Gasteiger partial charge on any atom is 0.227 e. The van der Waals surface area contributed by atoms with Crippen molar-refractivity contribution >= 4 is 5.91 Å². The molecule has 92 valence electrons. The summed E-state index contributed by atoms with van der Waals surface area (Å²) in [6, 6.07) is 6.33. The first-order valence-electron chi connectivity index (χ1n) is 5.86. The highest BCUT2D eigenvalue weighted by Crippen LogP contribution is 2.13. The summed E-state index contributed by atoms with van der Waals surface area (Å²) in [5, 5.41) is 9.34. The standard InChI is InChI=1S/C13H16FNO2/c14-12-4-2-1-3-10(12)9-13(17)15-7-5-11(16)6-8-15/h1-4,11,16H,5-9H2. The number of aliphatic hydroxyl groups excluding tert-OH is 1. The molecule has 4 heteroatoms. The van der Waals surface area contributed by atoms with Crippen LogP contribution in [0.15, 0.2) is 24.3 Å². The molecule has 0 unspecified atom stereocenters. The predicted molar refractivity (Wildman–Crippen MR) is 61.9 cm³/mol. The number of carbonyl (C=O) groups is 1. The fraction of sp³-hybridized carbons (Fsp3) is 0.462. The van der Waals surface area contributed by atoms with Gasteiger partial charge in [-0.1, -0.05) is 18.2 Å². The van der Waals surface area contributed by atoms with Gasteiger partial charge in [-0.05, 0) is 24.5 Å². The van der Waals surface area contributed by atoms with Crippen molar-refractivity contribution in [3.8, 4) is 0 Å². The molecule has 17 heavy (non-hydrogen) atoms. The smallest absolute Gasteiger partial charge is 0.227 e. The van der Waals surface area contributed by atoms with Crippen LogP contribution in [0.1, 0.15) is 18.4 Å². The monoisotopic (exact) mass is 237 g/mol. The average molecular weight is 237 g/mol. The van der Waals surface area contributed by atoms with Gasteiger partial charge in [0.15, 0.2) is 0 Å². The van der Waals surface area contributed by atoms with Gasteiger partial charge in [0.05, 0.1) is 12.5 Å². The van der Waals surface area contributed by atoms with Crippen molar-refractivity contribution in [2.24, 2.45) is 0 Å². The molecule has 3 nitrogen and oxygen atoms in total. The minimum Gasteiger partial charge on any atom is -0.393 e. The highest BCUT2D eigenvalue weighted by molar-refractivity contribution is 5.78. The number of piperidine rings is 1. The van der Waals surface area contributed by atoms with Crippen molar-refractivity contribution in [2.45, 2.75) is 25.4 Å². The Kier molecular flexibility index (Phi) is 3.74. The van der Waals surface area contributed by atoms with Gasteiger partial charge in [0.1, 0.15) is 5.82 Å². The Balaban J connectivity index is 1.95. The van der Waals surface area contributed by atoms with Gasteiger partial charge in [0.2, 0.25) is 5.91 Å². The van der Waals surface area contributed by atoms with E-state index in [4.69, 9.17) is 0 Å². The van der Waals surface area contributed by atoms with Crippen LogP contribution in [0.3, 0.4) is 0 Å². The number of rotatable bonds is 2. The Hall–Kier alpha value is -1.42. The molecule has 2 rings (SSSR count). The number of halogens is 1. The van der Waals surface area contributed by atoms with Crippen molar-refractivity contribution in [3.05, 3.63) is 35.6 Å². The lowest BCUT2D eigenvalue weighted by Gasteiger charge is -2.29. The number of amides is 1. The second kappa shape index (κ2) is 5.27. The molecule has 1 fully saturated rings. The van der Waals surface area contributed by atoms with Crippen LogP contribution in [-0.4, -0.2) is 35.1 Å². The zero-order valence-corrected chi connectivity index (χ0v) is 9.60. The van der Waals surface area contributed by atoms with Crippen molar-refractivity contribution < 1.29 is 14.3 Å². The summed E-state index contributed by atoms with van der Waals surface area (Å²) < 4.78 is 13.4. The van der Waals surface area contributed by atoms with Crippen molar-refractivity contribution in [3.63, 3.8) is 0 Å². The van der Waals surface area contributed by atoms with Crippen LogP contribution >= 0.6 is 0 Å². The number of likely N-dealkylation sites (tertiary alicyclic amines) is 1. The third kappa shape index (κ3) is 3.03. The molecule has 0 spiro atoms. The minimum atomic E-state index is -0.335. The van der Waals surface area contributed by atoms with E-state index in [0.717, 1.165) is 0 Å². The lowest BCUT2D eigenvalue weighted by Crippen LogP contribution is -2.40. The average Bonchev–Trinajstić information content (AvgIpc) is 2.33. The first kappa shape index (κ1) is 12.0. The van der Waals surface area contributed by atoms with Gasteiger partial charge in [-0.3, -0.25) is 4.79 Å². The van der Waals surface area contributed by atoms with E-state index in [-0.39, 0.29) is 24.2 Å². The van der Waals surface area contributed by atoms with Crippen LogP contribution in [0.25, 0.3) is 0 Å². The molecule has 1 saturated heterocycles. The molecule has 1 aliphatic rings. The number of nitrogens with zero attached hydrogens (tertiary/aromatic N) is 1. The SMILES string of the molecule is O=C(Cc1ccccc1F)N1CCC(O)CC1. The number of hydrogen-bond acceptors (Lipinski definition) is 2. The molecular weight excluding hydrogens is 221 g/mol. The summed E-state index contributed by atoms with van der Waals surface area (Å²) in [7, 11) is 0. The fourth-order valence-electron chi connectivity index (χ4n) is 2.03. The van der Waals surface area contributed by atoms with Gasteiger partial charge in [0.25, 0.3) is 0 Å². The van der Waals surface area contributed by atoms with E-state index in [9.17, 15) is 14.3 Å². The molecule has 1 heterocycles. The van der Waals surface area contributed by atoms with Crippen LogP contribution in [0.2, 0.25) is 0 Å². The number of aliphatic hydroxyl groups is 1. The molecule has 1 aromatic carbocycles. The van der Waals surface area contributed by atoms with Crippen LogP contribution in [0.4, 0.5) is 4.39 Å². The van der Waals surface area contributed by atoms with Gasteiger partial charge in [0, 0.05) is 13.1 Å². The number of carbonyl (C=O) groups excluding carboxylic acids is 1. The third-order valence-electron chi connectivity index (χ3n) is 3.12. The van der Waals surface area contributed by atoms with Crippen molar-refractivity contribution in [1.29, 1.82) is 0 Å². The summed E-state index contributed by atoms with van der Waals surface area (Å²) in [6.45, 7) is 1.13. The minimum absolute atomic E-state index is 0.0676. The van der Waals surface area contributed by atoms with E-state index in [1.807, 2.05) is 0 Å². The van der Waals surface area contributed by atoms with Gasteiger partial charge in [-0.15, -0.1) is 0 Å². The van der Waals surface area contributed by atoms with Crippen LogP contribution in [0.5, 0.6) is 0 Å². The second-order valence-electron chi connectivity index (χ2n) is 4.38. The molecule has 0 aliphatic carbocycles. The maximum atomic E-state index is 13.4. The highest BCUT2D eigenvalue weighted by atomic mass is 19.1. The van der Waals surface area contributed by atoms with Crippen LogP contribution in [-0.2, 0) is 11.2 Å². The molecule has 0 radical (unpaired) electrons. The zero-order chi connectivity index (χ0) is 12.3. The lowest BCUT2D eigenvalue weighted by atomic mass is 10.1. The second-order valence-corrected chi connectivity index (χ2v) is 4.38. The Morgan fingerprint density at radius 1 is 1.35 bits per heavy atom. The summed E-state index contributed by atoms with van der Waals surface area (Å²) in [4.78, 5) is 13.6. The van der Waals surface area contributed by atoms with Gasteiger partial charge in [-0.25, -0.2) is 4.39 Å². The van der Waals surface area contributed by atoms with E-state index >= 15 is 0 Å². The Labute approximate surface area is 99.9 Å². The van der Waals surface area contributed by atoms with Crippen LogP contribution < -0.4 is 0 Å². The molecule has 1 amide bonds. The molecule has 1 N–H and O–H groups in total. The largest absolute Gasteiger partial charge is 0.393 e.